The van der Waals surface area contributed by atoms with Crippen LogP contribution in [0.4, 0.5) is 0 Å². The van der Waals surface area contributed by atoms with E-state index in [1.54, 1.807) is 0 Å². The molecule has 2 fully saturated rings. The Kier molecular flexibility index (Phi) is 6.21. The van der Waals surface area contributed by atoms with Crippen molar-refractivity contribution in [1.82, 2.24) is 0 Å². The Morgan fingerprint density at radius 1 is 0.762 bits per heavy atom. The first-order valence-corrected chi connectivity index (χ1v) is 9.90. The van der Waals surface area contributed by atoms with Crippen LogP contribution in [0.1, 0.15) is 86.5 Å². The second-order valence-corrected chi connectivity index (χ2v) is 9.13. The largest absolute Gasteiger partial charge is 0.0623 e. The molecule has 0 aromatic heterocycles. The molecule has 2 rings (SSSR count). The molecule has 0 spiro atoms. The normalized spacial score (nSPS) is 46.3. The summed E-state index contributed by atoms with van der Waals surface area (Å²) in [5, 5.41) is 0. The molecule has 0 heterocycles. The van der Waals surface area contributed by atoms with E-state index < -0.39 is 0 Å². The van der Waals surface area contributed by atoms with E-state index in [0.717, 1.165) is 47.3 Å². The molecule has 0 radical (unpaired) electrons. The van der Waals surface area contributed by atoms with Gasteiger partial charge in [-0.15, -0.1) is 0 Å². The summed E-state index contributed by atoms with van der Waals surface area (Å²) in [5.41, 5.74) is 0. The summed E-state index contributed by atoms with van der Waals surface area (Å²) in [6.07, 6.45) is 10.4. The van der Waals surface area contributed by atoms with Crippen LogP contribution in [0.25, 0.3) is 0 Å². The van der Waals surface area contributed by atoms with Crippen LogP contribution < -0.4 is 0 Å². The summed E-state index contributed by atoms with van der Waals surface area (Å²) in [7, 11) is 0. The van der Waals surface area contributed by atoms with Crippen molar-refractivity contribution in [3.63, 3.8) is 0 Å². The highest BCUT2D eigenvalue weighted by Gasteiger charge is 2.34. The first kappa shape index (κ1) is 17.4. The zero-order valence-electron chi connectivity index (χ0n) is 15.6. The fourth-order valence-corrected chi connectivity index (χ4v) is 5.33. The zero-order chi connectivity index (χ0) is 15.6. The lowest BCUT2D eigenvalue weighted by Gasteiger charge is -2.42. The molecule has 0 heteroatoms. The van der Waals surface area contributed by atoms with Crippen LogP contribution in [0.5, 0.6) is 0 Å². The van der Waals surface area contributed by atoms with Gasteiger partial charge in [0.1, 0.15) is 0 Å². The van der Waals surface area contributed by atoms with E-state index in [1.165, 1.54) is 44.9 Å². The fraction of sp³-hybridized carbons (Fsp3) is 1.00. The van der Waals surface area contributed by atoms with Gasteiger partial charge >= 0.3 is 0 Å². The van der Waals surface area contributed by atoms with E-state index in [-0.39, 0.29) is 0 Å². The van der Waals surface area contributed by atoms with Crippen molar-refractivity contribution >= 4 is 0 Å². The molecular weight excluding hydrogens is 252 g/mol. The lowest BCUT2D eigenvalue weighted by atomic mass is 9.64. The second kappa shape index (κ2) is 7.51. The highest BCUT2D eigenvalue weighted by Crippen LogP contribution is 2.44. The molecule has 2 aliphatic carbocycles. The molecule has 124 valence electrons. The van der Waals surface area contributed by atoms with Crippen molar-refractivity contribution in [3.05, 3.63) is 0 Å². The summed E-state index contributed by atoms with van der Waals surface area (Å²) in [6.45, 7) is 15.0. The Morgan fingerprint density at radius 2 is 1.43 bits per heavy atom. The lowest BCUT2D eigenvalue weighted by molar-refractivity contribution is 0.0792. The quantitative estimate of drug-likeness (QED) is 0.535. The molecule has 2 saturated carbocycles. The number of hydrogen-bond acceptors (Lipinski definition) is 0. The van der Waals surface area contributed by atoms with Crippen LogP contribution in [0.2, 0.25) is 0 Å². The van der Waals surface area contributed by atoms with Gasteiger partial charge in [-0.2, -0.15) is 0 Å². The molecule has 0 aromatic carbocycles. The molecule has 2 aliphatic rings. The molecule has 0 aliphatic heterocycles. The molecule has 0 saturated heterocycles. The van der Waals surface area contributed by atoms with Gasteiger partial charge < -0.3 is 0 Å². The minimum Gasteiger partial charge on any atom is -0.0623 e. The van der Waals surface area contributed by atoms with E-state index >= 15 is 0 Å². The molecule has 21 heavy (non-hydrogen) atoms. The molecule has 0 nitrogen and oxygen atoms in total. The van der Waals surface area contributed by atoms with Crippen LogP contribution in [0, 0.1) is 47.3 Å². The van der Waals surface area contributed by atoms with Gasteiger partial charge in [-0.3, -0.25) is 0 Å². The van der Waals surface area contributed by atoms with Gasteiger partial charge in [0, 0.05) is 0 Å². The van der Waals surface area contributed by atoms with E-state index in [4.69, 9.17) is 0 Å². The second-order valence-electron chi connectivity index (χ2n) is 9.13. The van der Waals surface area contributed by atoms with Crippen LogP contribution in [0.3, 0.4) is 0 Å². The highest BCUT2D eigenvalue weighted by atomic mass is 14.4. The van der Waals surface area contributed by atoms with Gasteiger partial charge in [-0.25, -0.2) is 0 Å². The topological polar surface area (TPSA) is 0 Å². The van der Waals surface area contributed by atoms with Crippen LogP contribution in [0.15, 0.2) is 0 Å². The minimum atomic E-state index is 0.932. The van der Waals surface area contributed by atoms with Gasteiger partial charge in [-0.05, 0) is 60.2 Å². The summed E-state index contributed by atoms with van der Waals surface area (Å²) < 4.78 is 0. The Hall–Kier alpha value is 0. The first-order chi connectivity index (χ1) is 9.90. The first-order valence-electron chi connectivity index (χ1n) is 9.90. The standard InChI is InChI=1S/C21H40/c1-14-7-10-20(13-17(14)4)11-8-16(3)21-12-9-15(2)18(5)19(21)6/h14-21H,7-13H2,1-6H3. The van der Waals surface area contributed by atoms with Crippen LogP contribution in [-0.2, 0) is 0 Å². The fourth-order valence-electron chi connectivity index (χ4n) is 5.33. The average Bonchev–Trinajstić information content (AvgIpc) is 2.46. The van der Waals surface area contributed by atoms with E-state index in [9.17, 15) is 0 Å². The maximum Gasteiger partial charge on any atom is -0.0360 e. The maximum absolute atomic E-state index is 2.55. The van der Waals surface area contributed by atoms with Gasteiger partial charge in [0.05, 0.1) is 0 Å². The van der Waals surface area contributed by atoms with E-state index in [1.807, 2.05) is 0 Å². The Labute approximate surface area is 134 Å². The molecule has 8 atom stereocenters. The van der Waals surface area contributed by atoms with Crippen LogP contribution in [-0.4, -0.2) is 0 Å². The smallest absolute Gasteiger partial charge is 0.0360 e. The molecule has 8 unspecified atom stereocenters. The maximum atomic E-state index is 2.55. The zero-order valence-corrected chi connectivity index (χ0v) is 15.6. The summed E-state index contributed by atoms with van der Waals surface area (Å²) in [5.74, 6) is 7.74. The van der Waals surface area contributed by atoms with E-state index in [2.05, 4.69) is 41.5 Å². The van der Waals surface area contributed by atoms with Gasteiger partial charge in [0.25, 0.3) is 0 Å². The van der Waals surface area contributed by atoms with Gasteiger partial charge in [0.2, 0.25) is 0 Å². The Morgan fingerprint density at radius 3 is 2.10 bits per heavy atom. The number of rotatable bonds is 4. The highest BCUT2D eigenvalue weighted by molar-refractivity contribution is 4.84. The number of hydrogen-bond donors (Lipinski definition) is 0. The molecule has 0 N–H and O–H groups in total. The van der Waals surface area contributed by atoms with E-state index in [0.29, 0.717) is 0 Å². The molecule has 0 aromatic rings. The summed E-state index contributed by atoms with van der Waals surface area (Å²) in [4.78, 5) is 0. The molecule has 0 amide bonds. The Bertz CT molecular complexity index is 307. The third-order valence-corrected chi connectivity index (χ3v) is 7.83. The summed E-state index contributed by atoms with van der Waals surface area (Å²) in [6, 6.07) is 0. The molecule has 0 bridgehead atoms. The van der Waals surface area contributed by atoms with Crippen molar-refractivity contribution in [2.75, 3.05) is 0 Å². The average molecular weight is 293 g/mol. The van der Waals surface area contributed by atoms with Crippen LogP contribution >= 0.6 is 0 Å². The SMILES string of the molecule is CC1CCC(CCC(C)C2CCC(C)C(C)C2C)CC1C. The lowest BCUT2D eigenvalue weighted by Crippen LogP contribution is -2.33. The van der Waals surface area contributed by atoms with Gasteiger partial charge in [-0.1, -0.05) is 73.6 Å². The third-order valence-electron chi connectivity index (χ3n) is 7.83. The summed E-state index contributed by atoms with van der Waals surface area (Å²) >= 11 is 0. The van der Waals surface area contributed by atoms with Crippen molar-refractivity contribution in [3.8, 4) is 0 Å². The van der Waals surface area contributed by atoms with Crippen molar-refractivity contribution in [1.29, 1.82) is 0 Å². The predicted octanol–water partition coefficient (Wildman–Crippen LogP) is 6.79. The van der Waals surface area contributed by atoms with Crippen molar-refractivity contribution in [2.45, 2.75) is 86.5 Å². The minimum absolute atomic E-state index is 0.932. The monoisotopic (exact) mass is 292 g/mol. The Balaban J connectivity index is 1.78. The third kappa shape index (κ3) is 4.26. The van der Waals surface area contributed by atoms with Gasteiger partial charge in [0.15, 0.2) is 0 Å². The van der Waals surface area contributed by atoms with Crippen molar-refractivity contribution < 1.29 is 0 Å². The molecular formula is C21H40. The van der Waals surface area contributed by atoms with Crippen molar-refractivity contribution in [2.24, 2.45) is 47.3 Å². The predicted molar refractivity (Wildman–Crippen MR) is 94.3 cm³/mol.